The molecule has 1 aliphatic carbocycles. The quantitative estimate of drug-likeness (QED) is 0.678. The third-order valence-electron chi connectivity index (χ3n) is 7.92. The van der Waals surface area contributed by atoms with E-state index in [1.165, 1.54) is 31.7 Å². The Morgan fingerprint density at radius 1 is 0.806 bits per heavy atom. The van der Waals surface area contributed by atoms with Crippen molar-refractivity contribution in [3.8, 4) is 0 Å². The number of halogens is 2. The monoisotopic (exact) mass is 496 g/mol. The van der Waals surface area contributed by atoms with Gasteiger partial charge in [0.15, 0.2) is 0 Å². The number of piperazine rings is 1. The van der Waals surface area contributed by atoms with Crippen molar-refractivity contribution < 1.29 is 18.4 Å². The molecule has 0 bridgehead atoms. The van der Waals surface area contributed by atoms with Crippen LogP contribution in [0.25, 0.3) is 0 Å². The molecule has 0 spiro atoms. The van der Waals surface area contributed by atoms with E-state index in [4.69, 9.17) is 0 Å². The van der Waals surface area contributed by atoms with Crippen molar-refractivity contribution in [2.75, 3.05) is 44.2 Å². The second-order valence-electron chi connectivity index (χ2n) is 10.1. The molecule has 0 radical (unpaired) electrons. The van der Waals surface area contributed by atoms with Gasteiger partial charge in [-0.05, 0) is 49.9 Å². The van der Waals surface area contributed by atoms with E-state index in [-0.39, 0.29) is 17.5 Å². The van der Waals surface area contributed by atoms with Gasteiger partial charge in [0, 0.05) is 63.1 Å². The number of amides is 2. The van der Waals surface area contributed by atoms with E-state index in [1.54, 1.807) is 0 Å². The topological polar surface area (TPSA) is 55.9 Å². The van der Waals surface area contributed by atoms with Gasteiger partial charge in [-0.25, -0.2) is 8.78 Å². The highest BCUT2D eigenvalue weighted by molar-refractivity contribution is 6.00. The lowest BCUT2D eigenvalue weighted by molar-refractivity contribution is 0.0574. The first-order valence-corrected chi connectivity index (χ1v) is 13.1. The molecule has 2 aromatic carbocycles. The van der Waals surface area contributed by atoms with Gasteiger partial charge in [-0.2, -0.15) is 0 Å². The molecule has 2 heterocycles. The van der Waals surface area contributed by atoms with Crippen LogP contribution in [-0.4, -0.2) is 73.0 Å². The van der Waals surface area contributed by atoms with Crippen molar-refractivity contribution in [3.05, 3.63) is 65.2 Å². The van der Waals surface area contributed by atoms with Gasteiger partial charge in [-0.3, -0.25) is 14.5 Å². The number of anilines is 1. The van der Waals surface area contributed by atoms with Gasteiger partial charge in [0.2, 0.25) is 0 Å². The van der Waals surface area contributed by atoms with E-state index in [1.807, 2.05) is 29.2 Å². The van der Waals surface area contributed by atoms with E-state index in [2.05, 4.69) is 15.1 Å². The molecule has 6 nitrogen and oxygen atoms in total. The molecular formula is C28H34F2N4O2. The number of piperidine rings is 1. The molecule has 192 valence electrons. The van der Waals surface area contributed by atoms with E-state index < -0.39 is 17.5 Å². The van der Waals surface area contributed by atoms with Crippen molar-refractivity contribution in [2.45, 2.75) is 50.6 Å². The fraction of sp³-hybridized carbons (Fsp3) is 0.500. The van der Waals surface area contributed by atoms with Gasteiger partial charge >= 0.3 is 0 Å². The maximum absolute atomic E-state index is 14.0. The summed E-state index contributed by atoms with van der Waals surface area (Å²) in [6.07, 6.45) is 6.56. The molecule has 3 aliphatic rings. The highest BCUT2D eigenvalue weighted by atomic mass is 19.1. The molecule has 1 saturated carbocycles. The first-order valence-electron chi connectivity index (χ1n) is 13.1. The van der Waals surface area contributed by atoms with Crippen LogP contribution in [-0.2, 0) is 0 Å². The smallest absolute Gasteiger partial charge is 0.256 e. The maximum Gasteiger partial charge on any atom is 0.256 e. The molecule has 2 amide bonds. The summed E-state index contributed by atoms with van der Waals surface area (Å²) in [6.45, 7) is 4.76. The predicted octanol–water partition coefficient (Wildman–Crippen LogP) is 4.06. The summed E-state index contributed by atoms with van der Waals surface area (Å²) in [5.74, 6) is -2.01. The molecule has 1 N–H and O–H groups in total. The Morgan fingerprint density at radius 3 is 2.19 bits per heavy atom. The second-order valence-corrected chi connectivity index (χ2v) is 10.1. The minimum absolute atomic E-state index is 0.0823. The summed E-state index contributed by atoms with van der Waals surface area (Å²) in [4.78, 5) is 32.7. The highest BCUT2D eigenvalue weighted by Crippen LogP contribution is 2.28. The molecule has 8 heteroatoms. The largest absolute Gasteiger partial charge is 0.371 e. The van der Waals surface area contributed by atoms with Crippen LogP contribution in [0.15, 0.2) is 42.5 Å². The molecule has 3 fully saturated rings. The number of carbonyl (C=O) groups is 2. The Morgan fingerprint density at radius 2 is 1.50 bits per heavy atom. The van der Waals surface area contributed by atoms with Crippen LogP contribution in [0, 0.1) is 11.6 Å². The molecule has 0 atom stereocenters. The summed E-state index contributed by atoms with van der Waals surface area (Å²) in [5.41, 5.74) is 1.50. The van der Waals surface area contributed by atoms with E-state index in [9.17, 15) is 18.4 Å². The molecule has 2 saturated heterocycles. The zero-order chi connectivity index (χ0) is 25.1. The summed E-state index contributed by atoms with van der Waals surface area (Å²) in [6, 6.07) is 11.3. The number of para-hydroxylation sites is 1. The van der Waals surface area contributed by atoms with Crippen LogP contribution in [0.2, 0.25) is 0 Å². The average molecular weight is 497 g/mol. The number of hydrogen-bond acceptors (Lipinski definition) is 4. The number of nitrogens with zero attached hydrogens (tertiary/aromatic N) is 3. The lowest BCUT2D eigenvalue weighted by Crippen LogP contribution is -2.51. The van der Waals surface area contributed by atoms with Gasteiger partial charge in [0.25, 0.3) is 11.8 Å². The first-order chi connectivity index (χ1) is 17.5. The third kappa shape index (κ3) is 5.38. The van der Waals surface area contributed by atoms with Crippen LogP contribution in [0.5, 0.6) is 0 Å². The van der Waals surface area contributed by atoms with Crippen molar-refractivity contribution in [3.63, 3.8) is 0 Å². The van der Waals surface area contributed by atoms with Crippen LogP contribution >= 0.6 is 0 Å². The summed E-state index contributed by atoms with van der Waals surface area (Å²) >= 11 is 0. The standard InChI is InChI=1S/C28H34F2N4O2/c29-20-9-10-23(25(30)19-20)27(35)31-21-11-13-33(14-12-21)26-8-4-3-7-24(26)28(36)34-17-15-32(16-18-34)22-5-1-2-6-22/h3-4,7-10,19,21-22H,1-2,5-6,11-18H2,(H,31,35). The van der Waals surface area contributed by atoms with Crippen LogP contribution < -0.4 is 10.2 Å². The minimum Gasteiger partial charge on any atom is -0.371 e. The van der Waals surface area contributed by atoms with Crippen molar-refractivity contribution in [1.82, 2.24) is 15.1 Å². The number of hydrogen-bond donors (Lipinski definition) is 1. The molecule has 2 aliphatic heterocycles. The van der Waals surface area contributed by atoms with Gasteiger partial charge in [-0.15, -0.1) is 0 Å². The molecule has 0 aromatic heterocycles. The molecular weight excluding hydrogens is 462 g/mol. The first kappa shape index (κ1) is 24.7. The number of nitrogens with one attached hydrogen (secondary N) is 1. The molecule has 5 rings (SSSR count). The maximum atomic E-state index is 14.0. The summed E-state index contributed by atoms with van der Waals surface area (Å²) < 4.78 is 27.1. The van der Waals surface area contributed by atoms with Gasteiger partial charge < -0.3 is 15.1 Å². The lowest BCUT2D eigenvalue weighted by atomic mass is 10.0. The minimum atomic E-state index is -0.860. The number of benzene rings is 2. The lowest BCUT2D eigenvalue weighted by Gasteiger charge is -2.39. The Balaban J connectivity index is 1.18. The Labute approximate surface area is 211 Å². The predicted molar refractivity (Wildman–Crippen MR) is 135 cm³/mol. The molecule has 36 heavy (non-hydrogen) atoms. The van der Waals surface area contributed by atoms with E-state index in [0.29, 0.717) is 32.0 Å². The number of carbonyl (C=O) groups excluding carboxylic acids is 2. The Kier molecular flexibility index (Phi) is 7.51. The van der Waals surface area contributed by atoms with Crippen molar-refractivity contribution in [2.24, 2.45) is 0 Å². The van der Waals surface area contributed by atoms with Crippen molar-refractivity contribution >= 4 is 17.5 Å². The SMILES string of the molecule is O=C(NC1CCN(c2ccccc2C(=O)N2CCN(C3CCCC3)CC2)CC1)c1ccc(F)cc1F. The van der Waals surface area contributed by atoms with E-state index in [0.717, 1.165) is 49.6 Å². The van der Waals surface area contributed by atoms with Crippen LogP contribution in [0.4, 0.5) is 14.5 Å². The Hall–Kier alpha value is -3.00. The second kappa shape index (κ2) is 10.9. The van der Waals surface area contributed by atoms with E-state index >= 15 is 0 Å². The van der Waals surface area contributed by atoms with Gasteiger partial charge in [0.1, 0.15) is 11.6 Å². The molecule has 2 aromatic rings. The number of rotatable bonds is 5. The highest BCUT2D eigenvalue weighted by Gasteiger charge is 2.30. The van der Waals surface area contributed by atoms with Crippen LogP contribution in [0.3, 0.4) is 0 Å². The third-order valence-corrected chi connectivity index (χ3v) is 7.92. The van der Waals surface area contributed by atoms with Gasteiger partial charge in [-0.1, -0.05) is 25.0 Å². The molecule has 0 unspecified atom stereocenters. The van der Waals surface area contributed by atoms with Crippen LogP contribution in [0.1, 0.15) is 59.2 Å². The summed E-state index contributed by atoms with van der Waals surface area (Å²) in [5, 5.41) is 2.88. The fourth-order valence-electron chi connectivity index (χ4n) is 5.86. The fourth-order valence-corrected chi connectivity index (χ4v) is 5.86. The normalized spacial score (nSPS) is 20.1. The summed E-state index contributed by atoms with van der Waals surface area (Å²) in [7, 11) is 0. The van der Waals surface area contributed by atoms with Crippen molar-refractivity contribution in [1.29, 1.82) is 0 Å². The average Bonchev–Trinajstić information content (AvgIpc) is 3.44. The zero-order valence-electron chi connectivity index (χ0n) is 20.6. The van der Waals surface area contributed by atoms with Gasteiger partial charge in [0.05, 0.1) is 11.1 Å². The Bertz CT molecular complexity index is 1090. The zero-order valence-corrected chi connectivity index (χ0v) is 20.6.